The first-order valence-corrected chi connectivity index (χ1v) is 7.12. The van der Waals surface area contributed by atoms with Gasteiger partial charge in [0.25, 0.3) is 0 Å². The Morgan fingerprint density at radius 1 is 1.14 bits per heavy atom. The number of hydrogen-bond donors (Lipinski definition) is 1. The number of amides is 1. The lowest BCUT2D eigenvalue weighted by molar-refractivity contribution is -0.146. The molecule has 4 rings (SSSR count). The van der Waals surface area contributed by atoms with Crippen molar-refractivity contribution in [2.75, 3.05) is 11.4 Å². The zero-order valence-electron chi connectivity index (χ0n) is 11.3. The zero-order chi connectivity index (χ0) is 14.6. The number of fused-ring (bicyclic) bond motifs is 3. The molecule has 1 fully saturated rings. The Balaban J connectivity index is 1.67. The molecule has 0 spiro atoms. The van der Waals surface area contributed by atoms with Gasteiger partial charge in [0.1, 0.15) is 5.92 Å². The summed E-state index contributed by atoms with van der Waals surface area (Å²) in [4.78, 5) is 26.1. The molecule has 0 aliphatic carbocycles. The normalized spacial score (nSPS) is 32.5. The Bertz CT molecular complexity index is 653. The number of carbonyl (C=O) groups is 2. The van der Waals surface area contributed by atoms with E-state index in [9.17, 15) is 14.7 Å². The van der Waals surface area contributed by atoms with Crippen LogP contribution in [0.5, 0.6) is 0 Å². The minimum absolute atomic E-state index is 0.135. The largest absolute Gasteiger partial charge is 0.481 e. The average molecular weight is 285 g/mol. The van der Waals surface area contributed by atoms with Crippen LogP contribution < -0.4 is 4.90 Å². The first-order chi connectivity index (χ1) is 10.2. The maximum absolute atomic E-state index is 12.9. The van der Waals surface area contributed by atoms with Crippen molar-refractivity contribution in [1.82, 2.24) is 0 Å². The number of para-hydroxylation sites is 1. The maximum Gasteiger partial charge on any atom is 0.310 e. The minimum atomic E-state index is -0.960. The lowest BCUT2D eigenvalue weighted by Gasteiger charge is -2.26. The minimum Gasteiger partial charge on any atom is -0.481 e. The van der Waals surface area contributed by atoms with Crippen LogP contribution in [0.4, 0.5) is 5.69 Å². The van der Waals surface area contributed by atoms with Crippen LogP contribution in [-0.4, -0.2) is 35.7 Å². The molecular weight excluding hydrogens is 270 g/mol. The Morgan fingerprint density at radius 3 is 2.62 bits per heavy atom. The molecule has 3 aliphatic heterocycles. The summed E-state index contributed by atoms with van der Waals surface area (Å²) in [7, 11) is 0. The van der Waals surface area contributed by atoms with Crippen LogP contribution in [0, 0.1) is 11.8 Å². The highest BCUT2D eigenvalue weighted by molar-refractivity contribution is 6.00. The molecule has 1 aromatic rings. The number of carboxylic acids is 1. The fraction of sp³-hybridized carbons (Fsp3) is 0.375. The summed E-state index contributed by atoms with van der Waals surface area (Å²) in [6, 6.07) is 7.78. The Kier molecular flexibility index (Phi) is 2.65. The van der Waals surface area contributed by atoms with Crippen LogP contribution in [0.15, 0.2) is 36.4 Å². The Labute approximate surface area is 121 Å². The van der Waals surface area contributed by atoms with Crippen molar-refractivity contribution < 1.29 is 19.4 Å². The third-order valence-electron chi connectivity index (χ3n) is 4.62. The second-order valence-electron chi connectivity index (χ2n) is 5.71. The van der Waals surface area contributed by atoms with Crippen molar-refractivity contribution in [2.45, 2.75) is 18.6 Å². The number of hydrogen-bond acceptors (Lipinski definition) is 3. The Morgan fingerprint density at radius 2 is 1.86 bits per heavy atom. The van der Waals surface area contributed by atoms with Crippen molar-refractivity contribution in [3.8, 4) is 0 Å². The first kappa shape index (κ1) is 12.6. The molecule has 5 nitrogen and oxygen atoms in total. The van der Waals surface area contributed by atoms with Gasteiger partial charge in [-0.1, -0.05) is 30.4 Å². The second kappa shape index (κ2) is 4.43. The van der Waals surface area contributed by atoms with E-state index in [0.29, 0.717) is 6.54 Å². The van der Waals surface area contributed by atoms with Gasteiger partial charge in [0, 0.05) is 12.2 Å². The van der Waals surface area contributed by atoms with Gasteiger partial charge in [0.05, 0.1) is 18.1 Å². The molecule has 21 heavy (non-hydrogen) atoms. The summed E-state index contributed by atoms with van der Waals surface area (Å²) in [6.45, 7) is 0.613. The summed E-state index contributed by atoms with van der Waals surface area (Å²) < 4.78 is 5.59. The number of carboxylic acid groups (broad SMARTS) is 1. The van der Waals surface area contributed by atoms with E-state index in [1.165, 1.54) is 0 Å². The number of ether oxygens (including phenoxy) is 1. The molecule has 0 unspecified atom stereocenters. The van der Waals surface area contributed by atoms with E-state index < -0.39 is 30.0 Å². The van der Waals surface area contributed by atoms with Crippen LogP contribution in [0.3, 0.4) is 0 Å². The van der Waals surface area contributed by atoms with E-state index in [-0.39, 0.29) is 5.91 Å². The lowest BCUT2D eigenvalue weighted by atomic mass is 9.82. The van der Waals surface area contributed by atoms with Crippen molar-refractivity contribution >= 4 is 17.6 Å². The molecule has 0 aromatic heterocycles. The fourth-order valence-corrected chi connectivity index (χ4v) is 3.64. The van der Waals surface area contributed by atoms with Crippen molar-refractivity contribution in [3.05, 3.63) is 42.0 Å². The summed E-state index contributed by atoms with van der Waals surface area (Å²) in [5.74, 6) is -2.49. The highest BCUT2D eigenvalue weighted by Gasteiger charge is 2.54. The predicted molar refractivity (Wildman–Crippen MR) is 74.9 cm³/mol. The molecule has 1 amide bonds. The third-order valence-corrected chi connectivity index (χ3v) is 4.62. The van der Waals surface area contributed by atoms with Gasteiger partial charge in [-0.25, -0.2) is 0 Å². The standard InChI is InChI=1S/C16H15NO4/c18-15(17-8-7-9-3-1-2-4-10(9)17)13-11-5-6-12(21-11)14(13)16(19)20/h1-6,11-14H,7-8H2,(H,19,20)/t11-,12-,13+,14-/m1/s1. The summed E-state index contributed by atoms with van der Waals surface area (Å²) in [5, 5.41) is 9.41. The van der Waals surface area contributed by atoms with E-state index in [1.807, 2.05) is 30.3 Å². The molecule has 0 saturated carbocycles. The fourth-order valence-electron chi connectivity index (χ4n) is 3.64. The van der Waals surface area contributed by atoms with Crippen LogP contribution >= 0.6 is 0 Å². The highest BCUT2D eigenvalue weighted by atomic mass is 16.5. The number of aliphatic carboxylic acids is 1. The van der Waals surface area contributed by atoms with Crippen molar-refractivity contribution in [2.24, 2.45) is 11.8 Å². The van der Waals surface area contributed by atoms with Gasteiger partial charge in [-0.2, -0.15) is 0 Å². The highest BCUT2D eigenvalue weighted by Crippen LogP contribution is 2.42. The summed E-state index contributed by atoms with van der Waals surface area (Å²) in [5.41, 5.74) is 2.04. The molecule has 108 valence electrons. The summed E-state index contributed by atoms with van der Waals surface area (Å²) in [6.07, 6.45) is 3.51. The van der Waals surface area contributed by atoms with E-state index in [0.717, 1.165) is 17.7 Å². The van der Waals surface area contributed by atoms with Crippen LogP contribution in [-0.2, 0) is 20.7 Å². The van der Waals surface area contributed by atoms with E-state index >= 15 is 0 Å². The maximum atomic E-state index is 12.9. The van der Waals surface area contributed by atoms with Gasteiger partial charge in [0.15, 0.2) is 0 Å². The Hall–Kier alpha value is -2.14. The second-order valence-corrected chi connectivity index (χ2v) is 5.71. The number of rotatable bonds is 2. The van der Waals surface area contributed by atoms with Gasteiger partial charge in [-0.05, 0) is 18.1 Å². The predicted octanol–water partition coefficient (Wildman–Crippen LogP) is 1.23. The molecular formula is C16H15NO4. The third kappa shape index (κ3) is 1.74. The van der Waals surface area contributed by atoms with Gasteiger partial charge >= 0.3 is 5.97 Å². The molecule has 3 heterocycles. The van der Waals surface area contributed by atoms with Crippen LogP contribution in [0.1, 0.15) is 5.56 Å². The molecule has 1 N–H and O–H groups in total. The summed E-state index contributed by atoms with van der Waals surface area (Å²) >= 11 is 0. The number of benzene rings is 1. The zero-order valence-corrected chi connectivity index (χ0v) is 11.3. The van der Waals surface area contributed by atoms with Gasteiger partial charge in [0.2, 0.25) is 5.91 Å². The van der Waals surface area contributed by atoms with Crippen molar-refractivity contribution in [1.29, 1.82) is 0 Å². The van der Waals surface area contributed by atoms with Crippen LogP contribution in [0.25, 0.3) is 0 Å². The molecule has 3 aliphatic rings. The number of nitrogens with zero attached hydrogens (tertiary/aromatic N) is 1. The van der Waals surface area contributed by atoms with Crippen LogP contribution in [0.2, 0.25) is 0 Å². The van der Waals surface area contributed by atoms with Gasteiger partial charge < -0.3 is 14.7 Å². The smallest absolute Gasteiger partial charge is 0.310 e. The number of anilines is 1. The average Bonchev–Trinajstić information content (AvgIpc) is 3.19. The van der Waals surface area contributed by atoms with E-state index in [2.05, 4.69) is 0 Å². The molecule has 2 bridgehead atoms. The van der Waals surface area contributed by atoms with E-state index in [1.54, 1.807) is 11.0 Å². The van der Waals surface area contributed by atoms with E-state index in [4.69, 9.17) is 4.74 Å². The monoisotopic (exact) mass is 285 g/mol. The molecule has 5 heteroatoms. The van der Waals surface area contributed by atoms with Gasteiger partial charge in [-0.15, -0.1) is 0 Å². The SMILES string of the molecule is O=C(O)[C@H]1[C@@H](C(=O)N2CCc3ccccc32)[C@H]2C=C[C@H]1O2. The first-order valence-electron chi connectivity index (χ1n) is 7.12. The molecule has 1 saturated heterocycles. The lowest BCUT2D eigenvalue weighted by Crippen LogP contribution is -2.44. The topological polar surface area (TPSA) is 66.8 Å². The molecule has 4 atom stereocenters. The molecule has 0 radical (unpaired) electrons. The van der Waals surface area contributed by atoms with Gasteiger partial charge in [-0.3, -0.25) is 9.59 Å². The quantitative estimate of drug-likeness (QED) is 0.830. The molecule has 1 aromatic carbocycles. The number of carbonyl (C=O) groups excluding carboxylic acids is 1. The van der Waals surface area contributed by atoms with Crippen molar-refractivity contribution in [3.63, 3.8) is 0 Å².